The van der Waals surface area contributed by atoms with Gasteiger partial charge in [0.05, 0.1) is 17.6 Å². The highest BCUT2D eigenvalue weighted by Crippen LogP contribution is 2.30. The fourth-order valence-corrected chi connectivity index (χ4v) is 3.69. The average Bonchev–Trinajstić information content (AvgIpc) is 3.05. The Morgan fingerprint density at radius 3 is 2.74 bits per heavy atom. The number of aryl methyl sites for hydroxylation is 3. The van der Waals surface area contributed by atoms with Crippen molar-refractivity contribution in [2.45, 2.75) is 19.9 Å². The molecule has 3 rings (SSSR count). The predicted octanol–water partition coefficient (Wildman–Crippen LogP) is 2.76. The minimum atomic E-state index is 0.230. The minimum Gasteiger partial charge on any atom is -0.367 e. The van der Waals surface area contributed by atoms with E-state index in [1.165, 1.54) is 11.1 Å². The van der Waals surface area contributed by atoms with Crippen molar-refractivity contribution in [1.29, 1.82) is 0 Å². The molecule has 6 nitrogen and oxygen atoms in total. The highest BCUT2D eigenvalue weighted by atomic mass is 32.1. The number of hydrogen-bond donors (Lipinski definition) is 1. The first kappa shape index (κ1) is 15.9. The van der Waals surface area contributed by atoms with Crippen LogP contribution >= 0.6 is 11.3 Å². The van der Waals surface area contributed by atoms with Gasteiger partial charge in [0, 0.05) is 25.4 Å². The topological polar surface area (TPSA) is 58.9 Å². The van der Waals surface area contributed by atoms with Crippen molar-refractivity contribution in [3.05, 3.63) is 34.7 Å². The van der Waals surface area contributed by atoms with Crippen LogP contribution in [0, 0.1) is 13.8 Å². The number of fused-ring (bicyclic) bond motifs is 1. The first-order chi connectivity index (χ1) is 11.0. The van der Waals surface area contributed by atoms with Gasteiger partial charge in [-0.3, -0.25) is 4.68 Å². The van der Waals surface area contributed by atoms with E-state index < -0.39 is 0 Å². The van der Waals surface area contributed by atoms with Gasteiger partial charge in [0.1, 0.15) is 16.5 Å². The van der Waals surface area contributed by atoms with Gasteiger partial charge in [-0.15, -0.1) is 11.3 Å². The normalized spacial score (nSPS) is 13.0. The maximum Gasteiger partial charge on any atom is 0.138 e. The van der Waals surface area contributed by atoms with Crippen LogP contribution in [0.25, 0.3) is 10.2 Å². The fourth-order valence-electron chi connectivity index (χ4n) is 2.72. The van der Waals surface area contributed by atoms with Crippen molar-refractivity contribution >= 4 is 27.4 Å². The van der Waals surface area contributed by atoms with E-state index in [0.717, 1.165) is 28.4 Å². The van der Waals surface area contributed by atoms with Crippen LogP contribution in [-0.4, -0.2) is 45.3 Å². The fraction of sp³-hybridized carbons (Fsp3) is 0.438. The number of nitrogens with zero attached hydrogens (tertiary/aromatic N) is 5. The maximum atomic E-state index is 4.61. The van der Waals surface area contributed by atoms with E-state index in [9.17, 15) is 0 Å². The molecular formula is C16H22N6S. The lowest BCUT2D eigenvalue weighted by molar-refractivity contribution is 0.311. The molecule has 0 aliphatic rings. The number of nitrogens with one attached hydrogen (secondary N) is 1. The van der Waals surface area contributed by atoms with Crippen LogP contribution < -0.4 is 5.32 Å². The third kappa shape index (κ3) is 3.20. The van der Waals surface area contributed by atoms with E-state index in [1.54, 1.807) is 11.3 Å². The third-order valence-corrected chi connectivity index (χ3v) is 4.92. The molecule has 0 amide bonds. The van der Waals surface area contributed by atoms with Crippen LogP contribution in [0.4, 0.5) is 5.82 Å². The molecule has 23 heavy (non-hydrogen) atoms. The van der Waals surface area contributed by atoms with Gasteiger partial charge in [0.15, 0.2) is 0 Å². The zero-order chi connectivity index (χ0) is 16.6. The minimum absolute atomic E-state index is 0.230. The molecule has 0 saturated heterocycles. The number of anilines is 1. The van der Waals surface area contributed by atoms with Crippen molar-refractivity contribution in [2.75, 3.05) is 26.0 Å². The molecule has 0 saturated carbocycles. The van der Waals surface area contributed by atoms with Gasteiger partial charge in [0.25, 0.3) is 0 Å². The van der Waals surface area contributed by atoms with Gasteiger partial charge < -0.3 is 10.2 Å². The van der Waals surface area contributed by atoms with E-state index >= 15 is 0 Å². The summed E-state index contributed by atoms with van der Waals surface area (Å²) in [5, 5.41) is 11.1. The molecule has 0 aromatic carbocycles. The highest BCUT2D eigenvalue weighted by molar-refractivity contribution is 7.17. The van der Waals surface area contributed by atoms with E-state index in [4.69, 9.17) is 0 Å². The van der Waals surface area contributed by atoms with E-state index in [0.29, 0.717) is 0 Å². The lowest BCUT2D eigenvalue weighted by Crippen LogP contribution is -2.27. The maximum absolute atomic E-state index is 4.61. The smallest absolute Gasteiger partial charge is 0.138 e. The second-order valence-electron chi connectivity index (χ2n) is 6.03. The summed E-state index contributed by atoms with van der Waals surface area (Å²) in [6, 6.07) is 0.230. The van der Waals surface area contributed by atoms with Gasteiger partial charge in [0.2, 0.25) is 0 Å². The summed E-state index contributed by atoms with van der Waals surface area (Å²) in [6.45, 7) is 4.80. The average molecular weight is 330 g/mol. The van der Waals surface area contributed by atoms with E-state index in [-0.39, 0.29) is 6.04 Å². The Morgan fingerprint density at radius 2 is 2.09 bits per heavy atom. The van der Waals surface area contributed by atoms with Crippen LogP contribution in [0.2, 0.25) is 0 Å². The largest absolute Gasteiger partial charge is 0.367 e. The van der Waals surface area contributed by atoms with Gasteiger partial charge in [-0.05, 0) is 38.9 Å². The Hall–Kier alpha value is -1.99. The molecule has 0 unspecified atom stereocenters. The Bertz CT molecular complexity index is 819. The zero-order valence-electron chi connectivity index (χ0n) is 14.2. The molecule has 122 valence electrons. The van der Waals surface area contributed by atoms with Crippen LogP contribution in [-0.2, 0) is 7.05 Å². The molecule has 3 aromatic rings. The number of thiophene rings is 1. The number of hydrogen-bond acceptors (Lipinski definition) is 6. The van der Waals surface area contributed by atoms with Crippen molar-refractivity contribution in [3.8, 4) is 0 Å². The van der Waals surface area contributed by atoms with Crippen molar-refractivity contribution in [3.63, 3.8) is 0 Å². The van der Waals surface area contributed by atoms with E-state index in [1.807, 2.05) is 24.9 Å². The molecule has 3 heterocycles. The van der Waals surface area contributed by atoms with Crippen LogP contribution in [0.3, 0.4) is 0 Å². The summed E-state index contributed by atoms with van der Waals surface area (Å²) in [5.41, 5.74) is 2.41. The van der Waals surface area contributed by atoms with Crippen molar-refractivity contribution in [2.24, 2.45) is 7.05 Å². The molecule has 0 aliphatic heterocycles. The summed E-state index contributed by atoms with van der Waals surface area (Å²) in [5.74, 6) is 1.71. The van der Waals surface area contributed by atoms with Crippen molar-refractivity contribution < 1.29 is 0 Å². The molecule has 1 atom stereocenters. The Balaban J connectivity index is 1.88. The lowest BCUT2D eigenvalue weighted by Gasteiger charge is -2.24. The standard InChI is InChI=1S/C16H22N6S/c1-10-9-23-16-14(10)15(19-11(2)20-16)17-7-13(21(3)4)12-6-18-22(5)8-12/h6,8-9,13H,7H2,1-5H3,(H,17,19,20)/t13-/m1/s1. The summed E-state index contributed by atoms with van der Waals surface area (Å²) in [4.78, 5) is 12.4. The Morgan fingerprint density at radius 1 is 1.30 bits per heavy atom. The summed E-state index contributed by atoms with van der Waals surface area (Å²) < 4.78 is 1.84. The SMILES string of the molecule is Cc1nc(NC[C@H](c2cnn(C)c2)N(C)C)c2c(C)csc2n1. The number of rotatable bonds is 5. The molecule has 7 heteroatoms. The molecular weight excluding hydrogens is 308 g/mol. The molecule has 0 spiro atoms. The molecule has 1 N–H and O–H groups in total. The Kier molecular flexibility index (Phi) is 4.32. The second kappa shape index (κ2) is 6.25. The quantitative estimate of drug-likeness (QED) is 0.779. The van der Waals surface area contributed by atoms with Crippen molar-refractivity contribution in [1.82, 2.24) is 24.6 Å². The highest BCUT2D eigenvalue weighted by Gasteiger charge is 2.17. The molecule has 0 radical (unpaired) electrons. The first-order valence-corrected chi connectivity index (χ1v) is 8.45. The summed E-state index contributed by atoms with van der Waals surface area (Å²) in [7, 11) is 6.10. The second-order valence-corrected chi connectivity index (χ2v) is 6.88. The lowest BCUT2D eigenvalue weighted by atomic mass is 10.1. The van der Waals surface area contributed by atoms with Gasteiger partial charge in [-0.25, -0.2) is 9.97 Å². The van der Waals surface area contributed by atoms with Gasteiger partial charge >= 0.3 is 0 Å². The Labute approximate surface area is 140 Å². The van der Waals surface area contributed by atoms with Gasteiger partial charge in [-0.1, -0.05) is 0 Å². The molecule has 0 fully saturated rings. The molecule has 3 aromatic heterocycles. The van der Waals surface area contributed by atoms with Crippen LogP contribution in [0.1, 0.15) is 23.0 Å². The zero-order valence-corrected chi connectivity index (χ0v) is 15.0. The number of likely N-dealkylation sites (N-methyl/N-ethyl adjacent to an activating group) is 1. The number of aromatic nitrogens is 4. The van der Waals surface area contributed by atoms with Crippen LogP contribution in [0.5, 0.6) is 0 Å². The van der Waals surface area contributed by atoms with Gasteiger partial charge in [-0.2, -0.15) is 5.10 Å². The van der Waals surface area contributed by atoms with E-state index in [2.05, 4.69) is 57.9 Å². The third-order valence-electron chi connectivity index (χ3n) is 3.93. The molecule has 0 bridgehead atoms. The summed E-state index contributed by atoms with van der Waals surface area (Å²) in [6.07, 6.45) is 3.98. The first-order valence-electron chi connectivity index (χ1n) is 7.57. The summed E-state index contributed by atoms with van der Waals surface area (Å²) >= 11 is 1.67. The predicted molar refractivity (Wildman–Crippen MR) is 95.0 cm³/mol. The molecule has 0 aliphatic carbocycles. The van der Waals surface area contributed by atoms with Crippen LogP contribution in [0.15, 0.2) is 17.8 Å². The monoisotopic (exact) mass is 330 g/mol.